The SMILES string of the molecule is Nc1nccn1Cc1ccc(OC(F)(F)F)cc1. The van der Waals surface area contributed by atoms with Gasteiger partial charge < -0.3 is 15.0 Å². The zero-order chi connectivity index (χ0) is 13.2. The van der Waals surface area contributed by atoms with Crippen LogP contribution in [0.1, 0.15) is 5.56 Å². The van der Waals surface area contributed by atoms with Crippen molar-refractivity contribution >= 4 is 5.95 Å². The number of hydrogen-bond acceptors (Lipinski definition) is 3. The lowest BCUT2D eigenvalue weighted by Crippen LogP contribution is -2.17. The second kappa shape index (κ2) is 4.59. The molecule has 7 heteroatoms. The van der Waals surface area contributed by atoms with Gasteiger partial charge >= 0.3 is 6.36 Å². The maximum Gasteiger partial charge on any atom is 0.573 e. The fourth-order valence-electron chi connectivity index (χ4n) is 1.47. The van der Waals surface area contributed by atoms with Gasteiger partial charge in [-0.25, -0.2) is 4.98 Å². The molecule has 0 saturated carbocycles. The molecule has 0 spiro atoms. The molecule has 0 atom stereocenters. The lowest BCUT2D eigenvalue weighted by molar-refractivity contribution is -0.274. The van der Waals surface area contributed by atoms with Gasteiger partial charge in [0.1, 0.15) is 5.75 Å². The smallest absolute Gasteiger partial charge is 0.406 e. The number of benzene rings is 1. The number of ether oxygens (including phenoxy) is 1. The molecule has 0 saturated heterocycles. The van der Waals surface area contributed by atoms with E-state index in [2.05, 4.69) is 9.72 Å². The summed E-state index contributed by atoms with van der Waals surface area (Å²) in [5.41, 5.74) is 6.38. The Labute approximate surface area is 101 Å². The zero-order valence-corrected chi connectivity index (χ0v) is 9.19. The number of rotatable bonds is 3. The van der Waals surface area contributed by atoms with Crippen LogP contribution in [0, 0.1) is 0 Å². The lowest BCUT2D eigenvalue weighted by Gasteiger charge is -2.09. The van der Waals surface area contributed by atoms with Gasteiger partial charge in [0.15, 0.2) is 5.95 Å². The monoisotopic (exact) mass is 257 g/mol. The van der Waals surface area contributed by atoms with Crippen LogP contribution < -0.4 is 10.5 Å². The highest BCUT2D eigenvalue weighted by Gasteiger charge is 2.30. The fraction of sp³-hybridized carbons (Fsp3) is 0.182. The highest BCUT2D eigenvalue weighted by Crippen LogP contribution is 2.23. The first-order valence-corrected chi connectivity index (χ1v) is 5.05. The molecular formula is C11H10F3N3O. The van der Waals surface area contributed by atoms with E-state index in [0.717, 1.165) is 5.56 Å². The molecule has 0 fully saturated rings. The van der Waals surface area contributed by atoms with E-state index >= 15 is 0 Å². The maximum absolute atomic E-state index is 11.9. The highest BCUT2D eigenvalue weighted by molar-refractivity contribution is 5.29. The molecule has 2 rings (SSSR count). The Morgan fingerprint density at radius 1 is 1.22 bits per heavy atom. The highest BCUT2D eigenvalue weighted by atomic mass is 19.4. The zero-order valence-electron chi connectivity index (χ0n) is 9.19. The summed E-state index contributed by atoms with van der Waals surface area (Å²) in [6, 6.07) is 5.60. The van der Waals surface area contributed by atoms with Crippen molar-refractivity contribution in [3.63, 3.8) is 0 Å². The van der Waals surface area contributed by atoms with Crippen molar-refractivity contribution < 1.29 is 17.9 Å². The summed E-state index contributed by atoms with van der Waals surface area (Å²) in [7, 11) is 0. The Hall–Kier alpha value is -2.18. The number of halogens is 3. The molecule has 0 amide bonds. The van der Waals surface area contributed by atoms with Gasteiger partial charge in [-0.05, 0) is 17.7 Å². The van der Waals surface area contributed by atoms with Crippen molar-refractivity contribution in [1.82, 2.24) is 9.55 Å². The van der Waals surface area contributed by atoms with E-state index in [1.807, 2.05) is 0 Å². The second-order valence-corrected chi connectivity index (χ2v) is 3.61. The van der Waals surface area contributed by atoms with Crippen molar-refractivity contribution in [2.45, 2.75) is 12.9 Å². The van der Waals surface area contributed by atoms with Crippen molar-refractivity contribution in [1.29, 1.82) is 0 Å². The van der Waals surface area contributed by atoms with Crippen LogP contribution in [0.4, 0.5) is 19.1 Å². The third-order valence-electron chi connectivity index (χ3n) is 2.26. The third-order valence-corrected chi connectivity index (χ3v) is 2.26. The number of nitrogens with two attached hydrogens (primary N) is 1. The number of anilines is 1. The van der Waals surface area contributed by atoms with Crippen LogP contribution in [-0.2, 0) is 6.54 Å². The standard InChI is InChI=1S/C11H10F3N3O/c12-11(13,14)18-9-3-1-8(2-4-9)7-17-6-5-16-10(17)15/h1-6H,7H2,(H2,15,16). The first-order valence-electron chi connectivity index (χ1n) is 5.05. The Morgan fingerprint density at radius 2 is 1.89 bits per heavy atom. The van der Waals surface area contributed by atoms with E-state index < -0.39 is 6.36 Å². The third kappa shape index (κ3) is 3.16. The summed E-state index contributed by atoms with van der Waals surface area (Å²) in [5.74, 6) is 0.107. The van der Waals surface area contributed by atoms with Gasteiger partial charge in [-0.1, -0.05) is 12.1 Å². The molecule has 0 aliphatic heterocycles. The van der Waals surface area contributed by atoms with Crippen LogP contribution in [0.2, 0.25) is 0 Å². The number of nitrogens with zero attached hydrogens (tertiary/aromatic N) is 2. The van der Waals surface area contributed by atoms with E-state index in [4.69, 9.17) is 5.73 Å². The van der Waals surface area contributed by atoms with Crippen LogP contribution in [0.5, 0.6) is 5.75 Å². The molecule has 4 nitrogen and oxygen atoms in total. The molecule has 18 heavy (non-hydrogen) atoms. The molecule has 1 aromatic heterocycles. The maximum atomic E-state index is 11.9. The van der Waals surface area contributed by atoms with Crippen molar-refractivity contribution in [2.75, 3.05) is 5.73 Å². The largest absolute Gasteiger partial charge is 0.573 e. The average Bonchev–Trinajstić information content (AvgIpc) is 2.65. The summed E-state index contributed by atoms with van der Waals surface area (Å²) in [5, 5.41) is 0. The van der Waals surface area contributed by atoms with Crippen molar-refractivity contribution in [3.05, 3.63) is 42.2 Å². The lowest BCUT2D eigenvalue weighted by atomic mass is 10.2. The number of nitrogen functional groups attached to an aromatic ring is 1. The summed E-state index contributed by atoms with van der Waals surface area (Å²) in [6.07, 6.45) is -1.43. The molecular weight excluding hydrogens is 247 g/mol. The van der Waals surface area contributed by atoms with Gasteiger partial charge in [0, 0.05) is 12.4 Å². The van der Waals surface area contributed by atoms with E-state index in [9.17, 15) is 13.2 Å². The molecule has 2 aromatic rings. The van der Waals surface area contributed by atoms with Gasteiger partial charge in [-0.2, -0.15) is 0 Å². The van der Waals surface area contributed by atoms with Crippen LogP contribution >= 0.6 is 0 Å². The minimum absolute atomic E-state index is 0.246. The summed E-state index contributed by atoms with van der Waals surface area (Å²) >= 11 is 0. The second-order valence-electron chi connectivity index (χ2n) is 3.61. The molecule has 0 aliphatic carbocycles. The quantitative estimate of drug-likeness (QED) is 0.918. The van der Waals surface area contributed by atoms with E-state index in [1.165, 1.54) is 12.1 Å². The predicted molar refractivity (Wildman–Crippen MR) is 58.9 cm³/mol. The first kappa shape index (κ1) is 12.3. The normalized spacial score (nSPS) is 11.5. The van der Waals surface area contributed by atoms with Gasteiger partial charge in [-0.15, -0.1) is 13.2 Å². The molecule has 96 valence electrons. The van der Waals surface area contributed by atoms with Gasteiger partial charge in [0.25, 0.3) is 0 Å². The Bertz CT molecular complexity index is 519. The molecule has 2 N–H and O–H groups in total. The summed E-state index contributed by atoms with van der Waals surface area (Å²) in [6.45, 7) is 0.443. The number of imidazole rings is 1. The van der Waals surface area contributed by atoms with Crippen molar-refractivity contribution in [3.8, 4) is 5.75 Å². The predicted octanol–water partition coefficient (Wildman–Crippen LogP) is 2.41. The fourth-order valence-corrected chi connectivity index (χ4v) is 1.47. The molecule has 0 bridgehead atoms. The van der Waals surface area contributed by atoms with Crippen LogP contribution in [-0.4, -0.2) is 15.9 Å². The number of hydrogen-bond donors (Lipinski definition) is 1. The number of aromatic nitrogens is 2. The molecule has 0 aliphatic rings. The van der Waals surface area contributed by atoms with Crippen molar-refractivity contribution in [2.24, 2.45) is 0 Å². The van der Waals surface area contributed by atoms with E-state index in [0.29, 0.717) is 12.5 Å². The Morgan fingerprint density at radius 3 is 2.39 bits per heavy atom. The van der Waals surface area contributed by atoms with Crippen LogP contribution in [0.3, 0.4) is 0 Å². The summed E-state index contributed by atoms with van der Waals surface area (Å²) < 4.78 is 41.3. The van der Waals surface area contributed by atoms with Crippen LogP contribution in [0.15, 0.2) is 36.7 Å². The van der Waals surface area contributed by atoms with Gasteiger partial charge in [-0.3, -0.25) is 0 Å². The molecule has 1 aromatic carbocycles. The van der Waals surface area contributed by atoms with Gasteiger partial charge in [0.05, 0.1) is 6.54 Å². The molecule has 1 heterocycles. The van der Waals surface area contributed by atoms with Crippen LogP contribution in [0.25, 0.3) is 0 Å². The summed E-state index contributed by atoms with van der Waals surface area (Å²) in [4.78, 5) is 3.85. The Kier molecular flexibility index (Phi) is 3.14. The van der Waals surface area contributed by atoms with Gasteiger partial charge in [0.2, 0.25) is 0 Å². The average molecular weight is 257 g/mol. The van der Waals surface area contributed by atoms with E-state index in [1.54, 1.807) is 29.1 Å². The first-order chi connectivity index (χ1) is 8.44. The minimum atomic E-state index is -4.67. The van der Waals surface area contributed by atoms with E-state index in [-0.39, 0.29) is 5.75 Å². The minimum Gasteiger partial charge on any atom is -0.406 e. The molecule has 0 unspecified atom stereocenters. The Balaban J connectivity index is 2.06. The topological polar surface area (TPSA) is 53.1 Å². The molecule has 0 radical (unpaired) electrons. The number of alkyl halides is 3.